The largest absolute Gasteiger partial charge is 0.497 e. The highest BCUT2D eigenvalue weighted by Crippen LogP contribution is 2.33. The second-order valence-electron chi connectivity index (χ2n) is 9.93. The molecule has 12 heteroatoms. The first-order valence-corrected chi connectivity index (χ1v) is 14.5. The number of likely N-dealkylation sites (N-methyl/N-ethyl adjacent to an activating group) is 1. The van der Waals surface area contributed by atoms with E-state index >= 15 is 0 Å². The van der Waals surface area contributed by atoms with Gasteiger partial charge in [-0.25, -0.2) is 12.8 Å². The SMILES string of the molecule is COc1cccc(NC(=O)C[C@H]2CC[C@H]3[C@@H](COc4ccc(NS(=O)(=O)c5cccc(F)c5)cc4C(=O)N3C)O2)c1. The maximum Gasteiger partial charge on any atom is 0.261 e. The van der Waals surface area contributed by atoms with Crippen LogP contribution >= 0.6 is 0 Å². The minimum Gasteiger partial charge on any atom is -0.497 e. The third-order valence-corrected chi connectivity index (χ3v) is 8.52. The number of nitrogens with zero attached hydrogens (tertiary/aromatic N) is 1. The monoisotopic (exact) mass is 583 g/mol. The number of hydrogen-bond acceptors (Lipinski definition) is 7. The van der Waals surface area contributed by atoms with Gasteiger partial charge >= 0.3 is 0 Å². The van der Waals surface area contributed by atoms with Crippen molar-refractivity contribution in [2.75, 3.05) is 30.8 Å². The van der Waals surface area contributed by atoms with Gasteiger partial charge in [-0.2, -0.15) is 0 Å². The van der Waals surface area contributed by atoms with Gasteiger partial charge in [-0.1, -0.05) is 12.1 Å². The summed E-state index contributed by atoms with van der Waals surface area (Å²) in [6.45, 7) is 0.137. The van der Waals surface area contributed by atoms with Crippen molar-refractivity contribution >= 4 is 33.2 Å². The lowest BCUT2D eigenvalue weighted by molar-refractivity contribution is -0.130. The highest BCUT2D eigenvalue weighted by Gasteiger charge is 2.39. The number of halogens is 1. The first kappa shape index (κ1) is 28.4. The van der Waals surface area contributed by atoms with Gasteiger partial charge in [0.15, 0.2) is 0 Å². The second kappa shape index (κ2) is 11.8. The zero-order chi connectivity index (χ0) is 29.1. The number of anilines is 2. The lowest BCUT2D eigenvalue weighted by atomic mass is 9.94. The van der Waals surface area contributed by atoms with Crippen LogP contribution in [-0.2, 0) is 19.6 Å². The van der Waals surface area contributed by atoms with Gasteiger partial charge in [0, 0.05) is 24.5 Å². The molecule has 0 aromatic heterocycles. The number of amides is 2. The molecule has 3 aromatic carbocycles. The maximum atomic E-state index is 13.6. The quantitative estimate of drug-likeness (QED) is 0.430. The molecule has 2 aliphatic heterocycles. The summed E-state index contributed by atoms with van der Waals surface area (Å²) in [5, 5.41) is 2.86. The molecule has 0 saturated carbocycles. The number of methoxy groups -OCH3 is 1. The van der Waals surface area contributed by atoms with Crippen LogP contribution in [0.2, 0.25) is 0 Å². The van der Waals surface area contributed by atoms with E-state index in [4.69, 9.17) is 14.2 Å². The van der Waals surface area contributed by atoms with Gasteiger partial charge < -0.3 is 24.4 Å². The van der Waals surface area contributed by atoms with Crippen molar-refractivity contribution in [3.8, 4) is 11.5 Å². The fourth-order valence-electron chi connectivity index (χ4n) is 5.06. The summed E-state index contributed by atoms with van der Waals surface area (Å²) in [5.41, 5.74) is 0.944. The van der Waals surface area contributed by atoms with Crippen LogP contribution in [0.25, 0.3) is 0 Å². The summed E-state index contributed by atoms with van der Waals surface area (Å²) in [6, 6.07) is 15.8. The molecule has 3 atom stereocenters. The minimum atomic E-state index is -4.08. The molecule has 10 nitrogen and oxygen atoms in total. The lowest BCUT2D eigenvalue weighted by Gasteiger charge is -2.42. The molecule has 0 radical (unpaired) electrons. The van der Waals surface area contributed by atoms with Crippen molar-refractivity contribution in [2.45, 2.75) is 42.4 Å². The number of nitrogens with one attached hydrogen (secondary N) is 2. The van der Waals surface area contributed by atoms with Gasteiger partial charge in [-0.15, -0.1) is 0 Å². The van der Waals surface area contributed by atoms with Crippen LogP contribution in [0.1, 0.15) is 29.6 Å². The van der Waals surface area contributed by atoms with Crippen molar-refractivity contribution in [1.82, 2.24) is 4.90 Å². The van der Waals surface area contributed by atoms with Gasteiger partial charge in [-0.3, -0.25) is 14.3 Å². The van der Waals surface area contributed by atoms with Crippen molar-refractivity contribution < 1.29 is 36.6 Å². The summed E-state index contributed by atoms with van der Waals surface area (Å²) in [4.78, 5) is 27.5. The summed E-state index contributed by atoms with van der Waals surface area (Å²) in [6.07, 6.45) is 0.474. The van der Waals surface area contributed by atoms with E-state index in [1.807, 2.05) is 0 Å². The molecular formula is C29H30FN3O7S. The second-order valence-corrected chi connectivity index (χ2v) is 11.6. The zero-order valence-electron chi connectivity index (χ0n) is 22.5. The van der Waals surface area contributed by atoms with E-state index in [-0.39, 0.29) is 58.9 Å². The molecule has 0 spiro atoms. The number of sulfonamides is 1. The number of hydrogen-bond donors (Lipinski definition) is 2. The van der Waals surface area contributed by atoms with Crippen LogP contribution in [0.4, 0.5) is 15.8 Å². The first-order chi connectivity index (χ1) is 19.6. The van der Waals surface area contributed by atoms with E-state index in [0.717, 1.165) is 12.1 Å². The van der Waals surface area contributed by atoms with Crippen molar-refractivity contribution in [3.63, 3.8) is 0 Å². The number of carbonyl (C=O) groups excluding carboxylic acids is 2. The van der Waals surface area contributed by atoms with E-state index in [2.05, 4.69) is 10.0 Å². The Hall–Kier alpha value is -4.16. The topological polar surface area (TPSA) is 123 Å². The Morgan fingerprint density at radius 2 is 1.88 bits per heavy atom. The van der Waals surface area contributed by atoms with Gasteiger partial charge in [-0.05, 0) is 61.4 Å². The molecule has 0 unspecified atom stereocenters. The molecule has 0 bridgehead atoms. The molecule has 41 heavy (non-hydrogen) atoms. The number of rotatable bonds is 7. The van der Waals surface area contributed by atoms with Crippen molar-refractivity contribution in [2.24, 2.45) is 0 Å². The van der Waals surface area contributed by atoms with E-state index < -0.39 is 21.9 Å². The molecule has 5 rings (SSSR count). The fourth-order valence-corrected chi connectivity index (χ4v) is 6.14. The standard InChI is InChI=1S/C29H30FN3O7S/c1-33-25-11-10-22(16-28(34)31-19-6-4-7-21(14-19)38-2)40-27(25)17-39-26-12-9-20(15-24(26)29(33)35)32-41(36,37)23-8-3-5-18(30)13-23/h3-9,12-15,22,25,27,32H,10-11,16-17H2,1-2H3,(H,31,34)/t22-,25+,27-/m1/s1. The number of fused-ring (bicyclic) bond motifs is 2. The third-order valence-electron chi connectivity index (χ3n) is 7.14. The number of carbonyl (C=O) groups is 2. The predicted molar refractivity (Wildman–Crippen MR) is 149 cm³/mol. The van der Waals surface area contributed by atoms with E-state index in [1.165, 1.54) is 30.3 Å². The Labute approximate surface area is 237 Å². The normalized spacial score (nSPS) is 20.5. The summed E-state index contributed by atoms with van der Waals surface area (Å²) < 4.78 is 58.9. The molecule has 216 valence electrons. The summed E-state index contributed by atoms with van der Waals surface area (Å²) >= 11 is 0. The Balaban J connectivity index is 1.26. The van der Waals surface area contributed by atoms with Crippen LogP contribution in [0.5, 0.6) is 11.5 Å². The molecular weight excluding hydrogens is 553 g/mol. The van der Waals surface area contributed by atoms with Gasteiger partial charge in [0.05, 0.1) is 36.1 Å². The van der Waals surface area contributed by atoms with Crippen molar-refractivity contribution in [1.29, 1.82) is 0 Å². The smallest absolute Gasteiger partial charge is 0.261 e. The Morgan fingerprint density at radius 3 is 2.66 bits per heavy atom. The Bertz CT molecular complexity index is 1570. The van der Waals surface area contributed by atoms with Crippen LogP contribution in [0.15, 0.2) is 71.6 Å². The average Bonchev–Trinajstić information content (AvgIpc) is 2.95. The van der Waals surface area contributed by atoms with E-state index in [0.29, 0.717) is 24.3 Å². The van der Waals surface area contributed by atoms with Gasteiger partial charge in [0.2, 0.25) is 5.91 Å². The van der Waals surface area contributed by atoms with Crippen LogP contribution < -0.4 is 19.5 Å². The van der Waals surface area contributed by atoms with Gasteiger partial charge in [0.1, 0.15) is 30.0 Å². The zero-order valence-corrected chi connectivity index (χ0v) is 23.3. The summed E-state index contributed by atoms with van der Waals surface area (Å²) in [5.74, 6) is -0.332. The van der Waals surface area contributed by atoms with Crippen LogP contribution in [0.3, 0.4) is 0 Å². The highest BCUT2D eigenvalue weighted by atomic mass is 32.2. The van der Waals surface area contributed by atoms with E-state index in [9.17, 15) is 22.4 Å². The average molecular weight is 584 g/mol. The number of benzene rings is 3. The third kappa shape index (κ3) is 6.44. The van der Waals surface area contributed by atoms with E-state index in [1.54, 1.807) is 43.3 Å². The lowest BCUT2D eigenvalue weighted by Crippen LogP contribution is -2.53. The van der Waals surface area contributed by atoms with Crippen molar-refractivity contribution in [3.05, 3.63) is 78.1 Å². The summed E-state index contributed by atoms with van der Waals surface area (Å²) in [7, 11) is -0.863. The Kier molecular flexibility index (Phi) is 8.13. The van der Waals surface area contributed by atoms with Gasteiger partial charge in [0.25, 0.3) is 15.9 Å². The Morgan fingerprint density at radius 1 is 1.07 bits per heavy atom. The fraction of sp³-hybridized carbons (Fsp3) is 0.310. The predicted octanol–water partition coefficient (Wildman–Crippen LogP) is 4.04. The molecule has 1 fully saturated rings. The maximum absolute atomic E-state index is 13.6. The minimum absolute atomic E-state index is 0.137. The molecule has 1 saturated heterocycles. The molecule has 2 amide bonds. The van der Waals surface area contributed by atoms with Crippen LogP contribution in [0, 0.1) is 5.82 Å². The highest BCUT2D eigenvalue weighted by molar-refractivity contribution is 7.92. The molecule has 2 aliphatic rings. The molecule has 3 aromatic rings. The number of ether oxygens (including phenoxy) is 3. The first-order valence-electron chi connectivity index (χ1n) is 13.0. The molecule has 2 heterocycles. The molecule has 2 N–H and O–H groups in total. The molecule has 0 aliphatic carbocycles. The van der Waals surface area contributed by atoms with Crippen LogP contribution in [-0.4, -0.2) is 64.1 Å².